The second-order valence-corrected chi connectivity index (χ2v) is 3.27. The zero-order valence-corrected chi connectivity index (χ0v) is 7.69. The summed E-state index contributed by atoms with van der Waals surface area (Å²) in [5.74, 6) is -1.46. The number of nitrogens with one attached hydrogen (secondary N) is 2. The highest BCUT2D eigenvalue weighted by atomic mass is 16.4. The van der Waals surface area contributed by atoms with Crippen molar-refractivity contribution >= 4 is 11.9 Å². The Morgan fingerprint density at radius 1 is 0.929 bits per heavy atom. The fraction of sp³-hybridized carbons (Fsp3) is 0.750. The smallest absolute Gasteiger partial charge is 0.320 e. The molecule has 0 saturated carbocycles. The lowest BCUT2D eigenvalue weighted by molar-refractivity contribution is -0.142. The van der Waals surface area contributed by atoms with Gasteiger partial charge in [0.05, 0.1) is 0 Å². The number of carbonyl (C=O) groups is 2. The molecule has 0 aromatic carbocycles. The molecule has 2 fully saturated rings. The Kier molecular flexibility index (Phi) is 3.84. The summed E-state index contributed by atoms with van der Waals surface area (Å²) in [6, 6.07) is -0.500. The molecule has 0 radical (unpaired) electrons. The number of carboxylic acids is 2. The van der Waals surface area contributed by atoms with Gasteiger partial charge < -0.3 is 20.8 Å². The fourth-order valence-electron chi connectivity index (χ4n) is 0.999. The molecule has 2 aliphatic heterocycles. The first-order valence-corrected chi connectivity index (χ1v) is 4.53. The number of rotatable bonds is 2. The van der Waals surface area contributed by atoms with Gasteiger partial charge in [-0.3, -0.25) is 9.59 Å². The standard InChI is InChI=1S/2C4H7NO2/c2*6-4(7)3-1-2-5-3/h2*3,5H,1-2H2,(H,6,7)/t3-;/m0./s1. The molecule has 0 aliphatic carbocycles. The van der Waals surface area contributed by atoms with E-state index < -0.39 is 11.9 Å². The summed E-state index contributed by atoms with van der Waals surface area (Å²) in [6.45, 7) is 1.72. The Hall–Kier alpha value is -1.14. The van der Waals surface area contributed by atoms with E-state index in [2.05, 4.69) is 10.6 Å². The van der Waals surface area contributed by atoms with Crippen molar-refractivity contribution < 1.29 is 19.8 Å². The van der Waals surface area contributed by atoms with E-state index in [1.165, 1.54) is 0 Å². The Morgan fingerprint density at radius 3 is 1.21 bits per heavy atom. The zero-order valence-electron chi connectivity index (χ0n) is 7.69. The third-order valence-electron chi connectivity index (χ3n) is 2.24. The topological polar surface area (TPSA) is 98.7 Å². The van der Waals surface area contributed by atoms with E-state index >= 15 is 0 Å². The first kappa shape index (κ1) is 10.9. The molecule has 0 amide bonds. The molecule has 14 heavy (non-hydrogen) atoms. The maximum Gasteiger partial charge on any atom is 0.320 e. The van der Waals surface area contributed by atoms with Crippen molar-refractivity contribution in [3.8, 4) is 0 Å². The van der Waals surface area contributed by atoms with Crippen LogP contribution in [0.4, 0.5) is 0 Å². The Bertz CT molecular complexity index is 199. The van der Waals surface area contributed by atoms with E-state index in [9.17, 15) is 9.59 Å². The first-order valence-electron chi connectivity index (χ1n) is 4.53. The molecule has 2 heterocycles. The summed E-state index contributed by atoms with van der Waals surface area (Å²) in [7, 11) is 0. The van der Waals surface area contributed by atoms with Gasteiger partial charge in [-0.2, -0.15) is 0 Å². The summed E-state index contributed by atoms with van der Waals surface area (Å²) < 4.78 is 0. The zero-order chi connectivity index (χ0) is 10.6. The summed E-state index contributed by atoms with van der Waals surface area (Å²) in [5.41, 5.74) is 0. The Balaban J connectivity index is 0.000000140. The van der Waals surface area contributed by atoms with Gasteiger partial charge in [-0.25, -0.2) is 0 Å². The van der Waals surface area contributed by atoms with Gasteiger partial charge in [0, 0.05) is 0 Å². The SMILES string of the molecule is O=C(O)C1CCN1.O=C(O)[C@@H]1CCN1. The van der Waals surface area contributed by atoms with Gasteiger partial charge in [0.25, 0.3) is 0 Å². The maximum atomic E-state index is 9.92. The van der Waals surface area contributed by atoms with Crippen LogP contribution in [-0.2, 0) is 9.59 Å². The molecule has 2 saturated heterocycles. The van der Waals surface area contributed by atoms with Gasteiger partial charge in [-0.1, -0.05) is 0 Å². The van der Waals surface area contributed by atoms with Gasteiger partial charge >= 0.3 is 11.9 Å². The molecule has 80 valence electrons. The van der Waals surface area contributed by atoms with E-state index in [0.717, 1.165) is 25.9 Å². The molecule has 1 unspecified atom stereocenters. The van der Waals surface area contributed by atoms with Crippen molar-refractivity contribution in [2.45, 2.75) is 24.9 Å². The van der Waals surface area contributed by atoms with E-state index in [0.29, 0.717) is 0 Å². The lowest BCUT2D eigenvalue weighted by Crippen LogP contribution is -2.48. The van der Waals surface area contributed by atoms with Crippen LogP contribution >= 0.6 is 0 Å². The minimum Gasteiger partial charge on any atom is -0.480 e. The predicted octanol–water partition coefficient (Wildman–Crippen LogP) is -1.13. The van der Waals surface area contributed by atoms with E-state index in [4.69, 9.17) is 10.2 Å². The third-order valence-corrected chi connectivity index (χ3v) is 2.24. The lowest BCUT2D eigenvalue weighted by Gasteiger charge is -2.22. The van der Waals surface area contributed by atoms with Crippen molar-refractivity contribution in [3.63, 3.8) is 0 Å². The van der Waals surface area contributed by atoms with Crippen molar-refractivity contribution in [2.24, 2.45) is 0 Å². The van der Waals surface area contributed by atoms with Gasteiger partial charge in [0.1, 0.15) is 12.1 Å². The normalized spacial score (nSPS) is 28.9. The number of aliphatic carboxylic acids is 2. The average Bonchev–Trinajstić information content (AvgIpc) is 1.74. The average molecular weight is 202 g/mol. The highest BCUT2D eigenvalue weighted by Gasteiger charge is 2.23. The van der Waals surface area contributed by atoms with Crippen molar-refractivity contribution in [1.29, 1.82) is 0 Å². The van der Waals surface area contributed by atoms with E-state index in [1.54, 1.807) is 0 Å². The van der Waals surface area contributed by atoms with Crippen LogP contribution in [0, 0.1) is 0 Å². The van der Waals surface area contributed by atoms with Crippen LogP contribution in [0.15, 0.2) is 0 Å². The second-order valence-electron chi connectivity index (χ2n) is 3.27. The molecular formula is C8H14N2O4. The van der Waals surface area contributed by atoms with Crippen LogP contribution in [-0.4, -0.2) is 47.3 Å². The van der Waals surface area contributed by atoms with Crippen LogP contribution in [0.1, 0.15) is 12.8 Å². The fourth-order valence-corrected chi connectivity index (χ4v) is 0.999. The molecular weight excluding hydrogens is 188 g/mol. The first-order chi connectivity index (χ1) is 6.61. The van der Waals surface area contributed by atoms with Crippen molar-refractivity contribution in [3.05, 3.63) is 0 Å². The molecule has 0 aromatic heterocycles. The number of hydrogen-bond donors (Lipinski definition) is 4. The van der Waals surface area contributed by atoms with Crippen LogP contribution in [0.25, 0.3) is 0 Å². The van der Waals surface area contributed by atoms with Crippen LogP contribution < -0.4 is 10.6 Å². The van der Waals surface area contributed by atoms with Gasteiger partial charge in [-0.05, 0) is 25.9 Å². The van der Waals surface area contributed by atoms with Gasteiger partial charge in [0.2, 0.25) is 0 Å². The molecule has 2 atom stereocenters. The second kappa shape index (κ2) is 4.92. The molecule has 0 spiro atoms. The summed E-state index contributed by atoms with van der Waals surface area (Å²) in [5, 5.41) is 21.8. The summed E-state index contributed by atoms with van der Waals surface area (Å²) in [4.78, 5) is 19.8. The predicted molar refractivity (Wildman–Crippen MR) is 48.1 cm³/mol. The minimum atomic E-state index is -0.730. The molecule has 2 rings (SSSR count). The van der Waals surface area contributed by atoms with Crippen LogP contribution in [0.2, 0.25) is 0 Å². The Labute approximate surface area is 81.3 Å². The van der Waals surface area contributed by atoms with Crippen LogP contribution in [0.3, 0.4) is 0 Å². The Morgan fingerprint density at radius 2 is 1.21 bits per heavy atom. The van der Waals surface area contributed by atoms with Crippen molar-refractivity contribution in [1.82, 2.24) is 10.6 Å². The van der Waals surface area contributed by atoms with Gasteiger partial charge in [-0.15, -0.1) is 0 Å². The number of hydrogen-bond acceptors (Lipinski definition) is 4. The summed E-state index contributed by atoms with van der Waals surface area (Å²) in [6.07, 6.45) is 1.57. The highest BCUT2D eigenvalue weighted by molar-refractivity contribution is 5.74. The number of carboxylic acid groups (broad SMARTS) is 2. The minimum absolute atomic E-state index is 0.250. The van der Waals surface area contributed by atoms with Crippen molar-refractivity contribution in [2.75, 3.05) is 13.1 Å². The molecule has 0 bridgehead atoms. The van der Waals surface area contributed by atoms with E-state index in [-0.39, 0.29) is 12.1 Å². The monoisotopic (exact) mass is 202 g/mol. The lowest BCUT2D eigenvalue weighted by atomic mass is 10.1. The highest BCUT2D eigenvalue weighted by Crippen LogP contribution is 2.00. The van der Waals surface area contributed by atoms with E-state index in [1.807, 2.05) is 0 Å². The molecule has 2 aliphatic rings. The largest absolute Gasteiger partial charge is 0.480 e. The maximum absolute atomic E-state index is 9.92. The summed E-state index contributed by atoms with van der Waals surface area (Å²) >= 11 is 0. The van der Waals surface area contributed by atoms with Gasteiger partial charge in [0.15, 0.2) is 0 Å². The third kappa shape index (κ3) is 2.97. The molecule has 4 N–H and O–H groups in total. The molecule has 6 heteroatoms. The molecule has 6 nitrogen and oxygen atoms in total. The molecule has 0 aromatic rings. The quantitative estimate of drug-likeness (QED) is 0.452. The van der Waals surface area contributed by atoms with Crippen LogP contribution in [0.5, 0.6) is 0 Å².